The Bertz CT molecular complexity index is 116. The van der Waals surface area contributed by atoms with E-state index >= 15 is 0 Å². The van der Waals surface area contributed by atoms with Gasteiger partial charge in [-0.05, 0) is 6.92 Å². The maximum Gasteiger partial charge on any atom is 0.404 e. The zero-order chi connectivity index (χ0) is 8.15. The molecule has 0 radical (unpaired) electrons. The minimum absolute atomic E-state index is 0.450. The van der Waals surface area contributed by atoms with Gasteiger partial charge >= 0.3 is 6.09 Å². The van der Waals surface area contributed by atoms with Crippen molar-refractivity contribution in [2.45, 2.75) is 19.1 Å². The summed E-state index contributed by atoms with van der Waals surface area (Å²) in [6, 6.07) is 0. The summed E-state index contributed by atoms with van der Waals surface area (Å²) in [5, 5.41) is 17.1. The first-order chi connectivity index (χ1) is 4.57. The average Bonchev–Trinajstić information content (AvgIpc) is 1.85. The van der Waals surface area contributed by atoms with Crippen molar-refractivity contribution in [2.24, 2.45) is 5.73 Å². The van der Waals surface area contributed by atoms with E-state index in [-0.39, 0.29) is 0 Å². The number of primary amides is 1. The third-order valence-corrected chi connectivity index (χ3v) is 1.03. The van der Waals surface area contributed by atoms with E-state index in [1.165, 1.54) is 6.92 Å². The Morgan fingerprint density at radius 2 is 2.30 bits per heavy atom. The zero-order valence-electron chi connectivity index (χ0n) is 5.65. The van der Waals surface area contributed by atoms with Crippen LogP contribution in [0.3, 0.4) is 0 Å². The Morgan fingerprint density at radius 1 is 1.80 bits per heavy atom. The van der Waals surface area contributed by atoms with Crippen molar-refractivity contribution in [1.82, 2.24) is 0 Å². The minimum atomic E-state index is -1.06. The van der Waals surface area contributed by atoms with Gasteiger partial charge in [0, 0.05) is 0 Å². The molecule has 0 aromatic carbocycles. The first-order valence-corrected chi connectivity index (χ1v) is 2.83. The summed E-state index contributed by atoms with van der Waals surface area (Å²) in [6.07, 6.45) is -2.78. The second-order valence-electron chi connectivity index (χ2n) is 1.89. The van der Waals surface area contributed by atoms with Crippen molar-refractivity contribution in [3.8, 4) is 0 Å². The molecule has 0 saturated carbocycles. The van der Waals surface area contributed by atoms with Gasteiger partial charge in [-0.3, -0.25) is 0 Å². The molecular weight excluding hydrogens is 138 g/mol. The molecule has 0 fully saturated rings. The number of hydrogen-bond donors (Lipinski definition) is 3. The molecular formula is C5H11NO4. The number of aliphatic hydroxyl groups excluding tert-OH is 2. The summed E-state index contributed by atoms with van der Waals surface area (Å²) in [6.45, 7) is 0.986. The van der Waals surface area contributed by atoms with Gasteiger partial charge in [-0.2, -0.15) is 0 Å². The molecule has 0 spiro atoms. The third-order valence-electron chi connectivity index (χ3n) is 1.03. The molecule has 2 atom stereocenters. The van der Waals surface area contributed by atoms with Crippen LogP contribution in [0, 0.1) is 0 Å². The van der Waals surface area contributed by atoms with Gasteiger partial charge in [0.15, 0.2) is 0 Å². The normalized spacial score (nSPS) is 15.9. The topological polar surface area (TPSA) is 92.8 Å². The Hall–Kier alpha value is -0.810. The molecule has 0 aliphatic carbocycles. The molecule has 1 amide bonds. The van der Waals surface area contributed by atoms with Crippen LogP contribution in [-0.4, -0.2) is 35.1 Å². The van der Waals surface area contributed by atoms with Crippen LogP contribution in [0.25, 0.3) is 0 Å². The molecule has 0 aromatic rings. The number of rotatable bonds is 3. The zero-order valence-corrected chi connectivity index (χ0v) is 5.65. The highest BCUT2D eigenvalue weighted by Gasteiger charge is 2.15. The maximum absolute atomic E-state index is 10.0. The monoisotopic (exact) mass is 149 g/mol. The van der Waals surface area contributed by atoms with Gasteiger partial charge < -0.3 is 20.7 Å². The smallest absolute Gasteiger partial charge is 0.404 e. The van der Waals surface area contributed by atoms with Gasteiger partial charge in [-0.15, -0.1) is 0 Å². The number of ether oxygens (including phenoxy) is 1. The fourth-order valence-corrected chi connectivity index (χ4v) is 0.410. The van der Waals surface area contributed by atoms with Crippen LogP contribution in [0.2, 0.25) is 0 Å². The summed E-state index contributed by atoms with van der Waals surface area (Å²) >= 11 is 0. The number of aliphatic hydroxyl groups is 2. The number of carbonyl (C=O) groups excluding carboxylic acids is 1. The second-order valence-corrected chi connectivity index (χ2v) is 1.89. The predicted molar refractivity (Wildman–Crippen MR) is 33.2 cm³/mol. The quantitative estimate of drug-likeness (QED) is 0.471. The van der Waals surface area contributed by atoms with Crippen LogP contribution in [0.4, 0.5) is 4.79 Å². The van der Waals surface area contributed by atoms with Crippen LogP contribution in [0.1, 0.15) is 6.92 Å². The second kappa shape index (κ2) is 4.08. The van der Waals surface area contributed by atoms with Crippen molar-refractivity contribution < 1.29 is 19.7 Å². The van der Waals surface area contributed by atoms with E-state index < -0.39 is 24.9 Å². The Labute approximate surface area is 58.4 Å². The molecule has 60 valence electrons. The molecule has 10 heavy (non-hydrogen) atoms. The first-order valence-electron chi connectivity index (χ1n) is 2.83. The largest absolute Gasteiger partial charge is 0.444 e. The van der Waals surface area contributed by atoms with Crippen molar-refractivity contribution in [3.05, 3.63) is 0 Å². The number of carbonyl (C=O) groups is 1. The third kappa shape index (κ3) is 3.26. The van der Waals surface area contributed by atoms with E-state index in [9.17, 15) is 4.79 Å². The molecule has 0 heterocycles. The lowest BCUT2D eigenvalue weighted by Gasteiger charge is -2.15. The van der Waals surface area contributed by atoms with Gasteiger partial charge in [0.1, 0.15) is 12.2 Å². The fraction of sp³-hybridized carbons (Fsp3) is 0.800. The van der Waals surface area contributed by atoms with E-state index in [1.807, 2.05) is 0 Å². The van der Waals surface area contributed by atoms with E-state index in [1.54, 1.807) is 0 Å². The summed E-state index contributed by atoms with van der Waals surface area (Å²) in [4.78, 5) is 10.0. The predicted octanol–water partition coefficient (Wildman–Crippen LogP) is -1.18. The van der Waals surface area contributed by atoms with Crippen LogP contribution in [0.5, 0.6) is 0 Å². The SMILES string of the molecule is CC(OC(N)=O)C(O)CO. The van der Waals surface area contributed by atoms with Gasteiger partial charge in [-0.1, -0.05) is 0 Å². The van der Waals surface area contributed by atoms with Crippen LogP contribution < -0.4 is 5.73 Å². The van der Waals surface area contributed by atoms with E-state index in [4.69, 9.17) is 10.2 Å². The molecule has 2 unspecified atom stereocenters. The molecule has 0 aliphatic heterocycles. The van der Waals surface area contributed by atoms with Crippen molar-refractivity contribution in [1.29, 1.82) is 0 Å². The van der Waals surface area contributed by atoms with Crippen molar-refractivity contribution >= 4 is 6.09 Å². The lowest BCUT2D eigenvalue weighted by molar-refractivity contribution is -0.0124. The Balaban J connectivity index is 3.61. The highest BCUT2D eigenvalue weighted by molar-refractivity contribution is 5.64. The van der Waals surface area contributed by atoms with E-state index in [2.05, 4.69) is 10.5 Å². The molecule has 0 saturated heterocycles. The summed E-state index contributed by atoms with van der Waals surface area (Å²) < 4.78 is 4.33. The van der Waals surface area contributed by atoms with E-state index in [0.717, 1.165) is 0 Å². The minimum Gasteiger partial charge on any atom is -0.444 e. The maximum atomic E-state index is 10.0. The van der Waals surface area contributed by atoms with Crippen LogP contribution in [-0.2, 0) is 4.74 Å². The molecule has 0 bridgehead atoms. The van der Waals surface area contributed by atoms with Gasteiger partial charge in [0.2, 0.25) is 0 Å². The molecule has 5 nitrogen and oxygen atoms in total. The van der Waals surface area contributed by atoms with Crippen LogP contribution in [0.15, 0.2) is 0 Å². The lowest BCUT2D eigenvalue weighted by atomic mass is 10.2. The molecule has 0 rings (SSSR count). The molecule has 5 heteroatoms. The van der Waals surface area contributed by atoms with Crippen molar-refractivity contribution in [2.75, 3.05) is 6.61 Å². The number of nitrogens with two attached hydrogens (primary N) is 1. The van der Waals surface area contributed by atoms with Gasteiger partial charge in [0.05, 0.1) is 6.61 Å². The first kappa shape index (κ1) is 9.19. The molecule has 0 aliphatic rings. The molecule has 0 aromatic heterocycles. The van der Waals surface area contributed by atoms with Gasteiger partial charge in [0.25, 0.3) is 0 Å². The summed E-state index contributed by atoms with van der Waals surface area (Å²) in [5.74, 6) is 0. The fourth-order valence-electron chi connectivity index (χ4n) is 0.410. The highest BCUT2D eigenvalue weighted by Crippen LogP contribution is 1.96. The Kier molecular flexibility index (Phi) is 3.75. The standard InChI is InChI=1S/C5H11NO4/c1-3(4(8)2-7)10-5(6)9/h3-4,7-8H,2H2,1H3,(H2,6,9). The van der Waals surface area contributed by atoms with E-state index in [0.29, 0.717) is 0 Å². The molecule has 4 N–H and O–H groups in total. The van der Waals surface area contributed by atoms with Crippen molar-refractivity contribution in [3.63, 3.8) is 0 Å². The lowest BCUT2D eigenvalue weighted by Crippen LogP contribution is -2.33. The van der Waals surface area contributed by atoms with Crippen LogP contribution >= 0.6 is 0 Å². The summed E-state index contributed by atoms with van der Waals surface area (Å²) in [7, 11) is 0. The van der Waals surface area contributed by atoms with Gasteiger partial charge in [-0.25, -0.2) is 4.79 Å². The highest BCUT2D eigenvalue weighted by atomic mass is 16.6. The number of hydrogen-bond acceptors (Lipinski definition) is 4. The summed E-state index contributed by atoms with van der Waals surface area (Å²) in [5.41, 5.74) is 4.63. The average molecular weight is 149 g/mol. The Morgan fingerprint density at radius 3 is 2.60 bits per heavy atom. The number of amides is 1.